The maximum atomic E-state index is 6.28. The standard InChI is InChI=1S/C18H23ClN4O2S.HI/c1-11-12(2)26-16(23-11)4-5-21-18(20-3)22-10-13-8-14(19)17-15(9-13)24-6-7-25-17;/h8-9H,4-7,10H2,1-3H3,(H2,20,21,22);1H. The van der Waals surface area contributed by atoms with E-state index in [1.165, 1.54) is 4.88 Å². The second-order valence-corrected chi connectivity index (χ2v) is 7.65. The fourth-order valence-corrected chi connectivity index (χ4v) is 3.83. The highest BCUT2D eigenvalue weighted by Gasteiger charge is 2.16. The van der Waals surface area contributed by atoms with Gasteiger partial charge in [-0.3, -0.25) is 4.99 Å². The topological polar surface area (TPSA) is 67.8 Å². The van der Waals surface area contributed by atoms with Crippen LogP contribution in [0, 0.1) is 13.8 Å². The molecule has 27 heavy (non-hydrogen) atoms. The van der Waals surface area contributed by atoms with Gasteiger partial charge in [-0.1, -0.05) is 11.6 Å². The van der Waals surface area contributed by atoms with Gasteiger partial charge in [0.05, 0.1) is 15.7 Å². The molecule has 9 heteroatoms. The Hall–Kier alpha value is -1.26. The number of aromatic nitrogens is 1. The summed E-state index contributed by atoms with van der Waals surface area (Å²) in [7, 11) is 1.75. The molecule has 0 unspecified atom stereocenters. The van der Waals surface area contributed by atoms with Crippen molar-refractivity contribution in [2.75, 3.05) is 26.8 Å². The van der Waals surface area contributed by atoms with Gasteiger partial charge in [0, 0.05) is 31.4 Å². The number of nitrogens with zero attached hydrogens (tertiary/aromatic N) is 2. The number of guanidine groups is 1. The number of ether oxygens (including phenoxy) is 2. The van der Waals surface area contributed by atoms with E-state index in [4.69, 9.17) is 21.1 Å². The van der Waals surface area contributed by atoms with Crippen molar-refractivity contribution in [1.82, 2.24) is 15.6 Å². The summed E-state index contributed by atoms with van der Waals surface area (Å²) in [5.74, 6) is 2.05. The van der Waals surface area contributed by atoms with Gasteiger partial charge in [0.25, 0.3) is 0 Å². The van der Waals surface area contributed by atoms with Gasteiger partial charge in [-0.15, -0.1) is 35.3 Å². The fourth-order valence-electron chi connectivity index (χ4n) is 2.61. The van der Waals surface area contributed by atoms with Gasteiger partial charge in [0.15, 0.2) is 17.5 Å². The van der Waals surface area contributed by atoms with Crippen LogP contribution in [0.5, 0.6) is 11.5 Å². The Morgan fingerprint density at radius 1 is 1.26 bits per heavy atom. The number of fused-ring (bicyclic) bond motifs is 1. The molecule has 0 aliphatic carbocycles. The van der Waals surface area contributed by atoms with Crippen LogP contribution in [-0.2, 0) is 13.0 Å². The summed E-state index contributed by atoms with van der Waals surface area (Å²) in [6.07, 6.45) is 0.871. The molecule has 2 aromatic rings. The molecule has 1 aromatic carbocycles. The molecule has 1 aliphatic rings. The van der Waals surface area contributed by atoms with E-state index in [-0.39, 0.29) is 24.0 Å². The van der Waals surface area contributed by atoms with Gasteiger partial charge in [-0.2, -0.15) is 0 Å². The van der Waals surface area contributed by atoms with E-state index in [9.17, 15) is 0 Å². The van der Waals surface area contributed by atoms with Crippen LogP contribution >= 0.6 is 46.9 Å². The normalized spacial score (nSPS) is 13.1. The average molecular weight is 523 g/mol. The molecule has 0 saturated heterocycles. The first-order chi connectivity index (χ1) is 12.6. The molecule has 0 bridgehead atoms. The van der Waals surface area contributed by atoms with E-state index in [0.29, 0.717) is 36.3 Å². The van der Waals surface area contributed by atoms with E-state index in [1.54, 1.807) is 18.4 Å². The number of aryl methyl sites for hydroxylation is 2. The Bertz CT molecular complexity index is 793. The summed E-state index contributed by atoms with van der Waals surface area (Å²) in [4.78, 5) is 10.1. The van der Waals surface area contributed by atoms with Crippen LogP contribution in [0.25, 0.3) is 0 Å². The van der Waals surface area contributed by atoms with Crippen LogP contribution < -0.4 is 20.1 Å². The van der Waals surface area contributed by atoms with Crippen molar-refractivity contribution < 1.29 is 9.47 Å². The Labute approximate surface area is 185 Å². The lowest BCUT2D eigenvalue weighted by molar-refractivity contribution is 0.171. The third kappa shape index (κ3) is 5.86. The van der Waals surface area contributed by atoms with Gasteiger partial charge in [0.1, 0.15) is 13.2 Å². The minimum atomic E-state index is 0. The molecule has 0 radical (unpaired) electrons. The molecule has 0 amide bonds. The summed E-state index contributed by atoms with van der Waals surface area (Å²) >= 11 is 8.02. The number of halogens is 2. The van der Waals surface area contributed by atoms with Crippen LogP contribution in [-0.4, -0.2) is 37.7 Å². The highest BCUT2D eigenvalue weighted by atomic mass is 127. The van der Waals surface area contributed by atoms with Crippen LogP contribution in [0.1, 0.15) is 21.1 Å². The molecule has 0 spiro atoms. The molecule has 0 saturated carbocycles. The van der Waals surface area contributed by atoms with E-state index in [2.05, 4.69) is 27.5 Å². The van der Waals surface area contributed by atoms with Gasteiger partial charge >= 0.3 is 0 Å². The van der Waals surface area contributed by atoms with Gasteiger partial charge in [-0.05, 0) is 31.5 Å². The first kappa shape index (κ1) is 22.0. The lowest BCUT2D eigenvalue weighted by Crippen LogP contribution is -2.37. The average Bonchev–Trinajstić information content (AvgIpc) is 2.95. The fraction of sp³-hybridized carbons (Fsp3) is 0.444. The minimum Gasteiger partial charge on any atom is -0.486 e. The maximum Gasteiger partial charge on any atom is 0.191 e. The minimum absolute atomic E-state index is 0. The Morgan fingerprint density at radius 2 is 2.04 bits per heavy atom. The maximum absolute atomic E-state index is 6.28. The molecule has 3 rings (SSSR count). The molecular weight excluding hydrogens is 499 g/mol. The molecular formula is C18H24ClIN4O2S. The zero-order valence-electron chi connectivity index (χ0n) is 15.6. The molecule has 148 valence electrons. The quantitative estimate of drug-likeness (QED) is 0.356. The predicted molar refractivity (Wildman–Crippen MR) is 121 cm³/mol. The second-order valence-electron chi connectivity index (χ2n) is 5.95. The van der Waals surface area contributed by atoms with E-state index in [1.807, 2.05) is 19.1 Å². The lowest BCUT2D eigenvalue weighted by Gasteiger charge is -2.20. The molecule has 0 atom stereocenters. The monoisotopic (exact) mass is 522 g/mol. The highest BCUT2D eigenvalue weighted by Crippen LogP contribution is 2.38. The molecule has 0 fully saturated rings. The van der Waals surface area contributed by atoms with Crippen LogP contribution in [0.2, 0.25) is 5.02 Å². The number of thiazole rings is 1. The van der Waals surface area contributed by atoms with Crippen molar-refractivity contribution in [3.05, 3.63) is 38.3 Å². The molecule has 2 heterocycles. The van der Waals surface area contributed by atoms with Crippen molar-refractivity contribution in [3.63, 3.8) is 0 Å². The summed E-state index contributed by atoms with van der Waals surface area (Å²) in [5.41, 5.74) is 2.12. The van der Waals surface area contributed by atoms with Crippen molar-refractivity contribution >= 4 is 52.9 Å². The summed E-state index contributed by atoms with van der Waals surface area (Å²) in [6.45, 7) is 6.57. The predicted octanol–water partition coefficient (Wildman–Crippen LogP) is 3.71. The van der Waals surface area contributed by atoms with E-state index >= 15 is 0 Å². The summed E-state index contributed by atoms with van der Waals surface area (Å²) < 4.78 is 11.2. The largest absolute Gasteiger partial charge is 0.486 e. The van der Waals surface area contributed by atoms with Gasteiger partial charge in [-0.25, -0.2) is 4.98 Å². The molecule has 2 N–H and O–H groups in total. The van der Waals surface area contributed by atoms with E-state index in [0.717, 1.165) is 35.2 Å². The van der Waals surface area contributed by atoms with Crippen LogP contribution in [0.4, 0.5) is 0 Å². The summed E-state index contributed by atoms with van der Waals surface area (Å²) in [5, 5.41) is 8.31. The number of hydrogen-bond donors (Lipinski definition) is 2. The van der Waals surface area contributed by atoms with Crippen molar-refractivity contribution in [3.8, 4) is 11.5 Å². The summed E-state index contributed by atoms with van der Waals surface area (Å²) in [6, 6.07) is 3.83. The first-order valence-electron chi connectivity index (χ1n) is 8.52. The Kier molecular flexibility index (Phi) is 8.43. The highest BCUT2D eigenvalue weighted by molar-refractivity contribution is 14.0. The van der Waals surface area contributed by atoms with Crippen molar-refractivity contribution in [2.24, 2.45) is 4.99 Å². The first-order valence-corrected chi connectivity index (χ1v) is 9.71. The Morgan fingerprint density at radius 3 is 2.74 bits per heavy atom. The van der Waals surface area contributed by atoms with Crippen molar-refractivity contribution in [1.29, 1.82) is 0 Å². The SMILES string of the molecule is CN=C(NCCc1nc(C)c(C)s1)NCc1cc(Cl)c2c(c1)OCCO2.I. The molecule has 1 aromatic heterocycles. The number of nitrogens with one attached hydrogen (secondary N) is 2. The van der Waals surface area contributed by atoms with Crippen LogP contribution in [0.15, 0.2) is 17.1 Å². The molecule has 1 aliphatic heterocycles. The third-order valence-corrected chi connectivity index (χ3v) is 5.46. The van der Waals surface area contributed by atoms with Gasteiger partial charge < -0.3 is 20.1 Å². The number of benzene rings is 1. The van der Waals surface area contributed by atoms with E-state index < -0.39 is 0 Å². The van der Waals surface area contributed by atoms with Crippen LogP contribution in [0.3, 0.4) is 0 Å². The second kappa shape index (κ2) is 10.3. The third-order valence-electron chi connectivity index (χ3n) is 4.04. The van der Waals surface area contributed by atoms with Crippen molar-refractivity contribution in [2.45, 2.75) is 26.8 Å². The molecule has 6 nitrogen and oxygen atoms in total. The Balaban J connectivity index is 0.00000261. The smallest absolute Gasteiger partial charge is 0.191 e. The number of rotatable bonds is 5. The lowest BCUT2D eigenvalue weighted by atomic mass is 10.2. The number of hydrogen-bond acceptors (Lipinski definition) is 5. The van der Waals surface area contributed by atoms with Gasteiger partial charge in [0.2, 0.25) is 0 Å². The number of aliphatic imine (C=N–C) groups is 1. The zero-order valence-corrected chi connectivity index (χ0v) is 19.5. The zero-order chi connectivity index (χ0) is 18.5.